The fraction of sp³-hybridized carbons (Fsp3) is 0.300. The third kappa shape index (κ3) is 3.14. The fourth-order valence-corrected chi connectivity index (χ4v) is 3.66. The summed E-state index contributed by atoms with van der Waals surface area (Å²) in [6, 6.07) is 14.7. The van der Waals surface area contributed by atoms with E-state index in [0.29, 0.717) is 12.2 Å². The molecule has 1 amide bonds. The maximum Gasteiger partial charge on any atom is 0.226 e. The average Bonchev–Trinajstić information content (AvgIpc) is 3.21. The van der Waals surface area contributed by atoms with Gasteiger partial charge in [0.1, 0.15) is 5.82 Å². The Hall–Kier alpha value is -2.89. The second-order valence-corrected chi connectivity index (χ2v) is 6.71. The fourth-order valence-electron chi connectivity index (χ4n) is 3.66. The van der Waals surface area contributed by atoms with Crippen LogP contribution >= 0.6 is 0 Å². The Morgan fingerprint density at radius 2 is 2.00 bits per heavy atom. The monoisotopic (exact) mass is 352 g/mol. The van der Waals surface area contributed by atoms with Crippen molar-refractivity contribution in [2.24, 2.45) is 7.05 Å². The van der Waals surface area contributed by atoms with Gasteiger partial charge in [0.2, 0.25) is 5.91 Å². The molecule has 3 aromatic rings. The number of aryl methyl sites for hydroxylation is 1. The van der Waals surface area contributed by atoms with E-state index in [1.54, 1.807) is 16.8 Å². The van der Waals surface area contributed by atoms with Crippen molar-refractivity contribution in [2.45, 2.75) is 18.9 Å². The summed E-state index contributed by atoms with van der Waals surface area (Å²) in [6.07, 6.45) is 1.06. The van der Waals surface area contributed by atoms with Crippen molar-refractivity contribution in [1.29, 1.82) is 0 Å². The Morgan fingerprint density at radius 3 is 2.85 bits per heavy atom. The van der Waals surface area contributed by atoms with Gasteiger partial charge >= 0.3 is 0 Å². The number of hydrogen-bond acceptors (Lipinski definition) is 3. The van der Waals surface area contributed by atoms with Crippen molar-refractivity contribution in [1.82, 2.24) is 15.1 Å². The highest BCUT2D eigenvalue weighted by Crippen LogP contribution is 2.23. The molecule has 1 atom stereocenters. The Labute approximate surface area is 151 Å². The molecular formula is C20H21FN4O. The molecule has 2 aromatic carbocycles. The second-order valence-electron chi connectivity index (χ2n) is 6.71. The molecule has 1 unspecified atom stereocenters. The Kier molecular flexibility index (Phi) is 4.32. The molecule has 1 N–H and O–H groups in total. The van der Waals surface area contributed by atoms with Gasteiger partial charge in [-0.15, -0.1) is 0 Å². The van der Waals surface area contributed by atoms with Crippen LogP contribution in [0.3, 0.4) is 0 Å². The summed E-state index contributed by atoms with van der Waals surface area (Å²) in [4.78, 5) is 14.5. The highest BCUT2D eigenvalue weighted by atomic mass is 19.1. The molecule has 6 heteroatoms. The maximum atomic E-state index is 13.9. The van der Waals surface area contributed by atoms with Crippen LogP contribution in [-0.4, -0.2) is 34.8 Å². The number of amides is 1. The standard InChI is InChI=1S/C20H21FN4O/c1-24-18-8-4-2-6-15(18)17(23-24)12-20(26)22-14-10-11-25(13-14)19-9-5-3-7-16(19)21/h2-9,14H,10-13H2,1H3,(H,22,26). The molecule has 1 saturated heterocycles. The molecule has 1 aliphatic rings. The zero-order chi connectivity index (χ0) is 18.1. The second kappa shape index (κ2) is 6.78. The van der Waals surface area contributed by atoms with E-state index in [-0.39, 0.29) is 24.2 Å². The minimum Gasteiger partial charge on any atom is -0.367 e. The number of halogens is 1. The minimum atomic E-state index is -0.223. The van der Waals surface area contributed by atoms with Gasteiger partial charge in [0.25, 0.3) is 0 Å². The third-order valence-electron chi connectivity index (χ3n) is 4.91. The number of fused-ring (bicyclic) bond motifs is 1. The zero-order valence-electron chi connectivity index (χ0n) is 14.7. The Morgan fingerprint density at radius 1 is 1.23 bits per heavy atom. The van der Waals surface area contributed by atoms with E-state index in [1.807, 2.05) is 42.3 Å². The van der Waals surface area contributed by atoms with Crippen LogP contribution in [0.5, 0.6) is 0 Å². The predicted molar refractivity (Wildman–Crippen MR) is 99.6 cm³/mol. The van der Waals surface area contributed by atoms with E-state index in [4.69, 9.17) is 0 Å². The molecular weight excluding hydrogens is 331 g/mol. The number of hydrogen-bond donors (Lipinski definition) is 1. The van der Waals surface area contributed by atoms with Gasteiger partial charge in [0, 0.05) is 31.6 Å². The number of nitrogens with zero attached hydrogens (tertiary/aromatic N) is 3. The van der Waals surface area contributed by atoms with E-state index in [9.17, 15) is 9.18 Å². The normalized spacial score (nSPS) is 17.0. The van der Waals surface area contributed by atoms with Crippen molar-refractivity contribution in [3.63, 3.8) is 0 Å². The molecule has 26 heavy (non-hydrogen) atoms. The predicted octanol–water partition coefficient (Wildman–Crippen LogP) is 2.65. The summed E-state index contributed by atoms with van der Waals surface area (Å²) < 4.78 is 15.7. The zero-order valence-corrected chi connectivity index (χ0v) is 14.7. The number of benzene rings is 2. The summed E-state index contributed by atoms with van der Waals surface area (Å²) >= 11 is 0. The first kappa shape index (κ1) is 16.6. The highest BCUT2D eigenvalue weighted by Gasteiger charge is 2.26. The highest BCUT2D eigenvalue weighted by molar-refractivity contribution is 5.87. The smallest absolute Gasteiger partial charge is 0.226 e. The number of carbonyl (C=O) groups excluding carboxylic acids is 1. The van der Waals surface area contributed by atoms with Gasteiger partial charge in [-0.3, -0.25) is 9.48 Å². The third-order valence-corrected chi connectivity index (χ3v) is 4.91. The number of aromatic nitrogens is 2. The van der Waals surface area contributed by atoms with Gasteiger partial charge in [-0.05, 0) is 24.6 Å². The molecule has 0 aliphatic carbocycles. The van der Waals surface area contributed by atoms with Crippen LogP contribution in [-0.2, 0) is 18.3 Å². The molecule has 1 aliphatic heterocycles. The molecule has 0 bridgehead atoms. The van der Waals surface area contributed by atoms with Gasteiger partial charge in [0.05, 0.1) is 23.3 Å². The number of nitrogens with one attached hydrogen (secondary N) is 1. The van der Waals surface area contributed by atoms with Crippen molar-refractivity contribution < 1.29 is 9.18 Å². The van der Waals surface area contributed by atoms with E-state index in [2.05, 4.69) is 10.4 Å². The van der Waals surface area contributed by atoms with E-state index >= 15 is 0 Å². The molecule has 4 rings (SSSR count). The van der Waals surface area contributed by atoms with E-state index in [0.717, 1.165) is 29.6 Å². The lowest BCUT2D eigenvalue weighted by Crippen LogP contribution is -2.38. The van der Waals surface area contributed by atoms with Gasteiger partial charge in [-0.2, -0.15) is 5.10 Å². The van der Waals surface area contributed by atoms with Crippen LogP contribution in [0, 0.1) is 5.82 Å². The van der Waals surface area contributed by atoms with E-state index in [1.165, 1.54) is 6.07 Å². The first-order chi connectivity index (χ1) is 12.6. The first-order valence-corrected chi connectivity index (χ1v) is 8.81. The molecule has 0 saturated carbocycles. The first-order valence-electron chi connectivity index (χ1n) is 8.81. The van der Waals surface area contributed by atoms with Crippen molar-refractivity contribution in [2.75, 3.05) is 18.0 Å². The Balaban J connectivity index is 1.40. The van der Waals surface area contributed by atoms with Gasteiger partial charge < -0.3 is 10.2 Å². The molecule has 0 spiro atoms. The van der Waals surface area contributed by atoms with Gasteiger partial charge in [0.15, 0.2) is 0 Å². The van der Waals surface area contributed by atoms with Crippen LogP contribution in [0.1, 0.15) is 12.1 Å². The van der Waals surface area contributed by atoms with Crippen LogP contribution in [0.15, 0.2) is 48.5 Å². The van der Waals surface area contributed by atoms with Crippen molar-refractivity contribution >= 4 is 22.5 Å². The number of carbonyl (C=O) groups is 1. The van der Waals surface area contributed by atoms with Crippen LogP contribution in [0.2, 0.25) is 0 Å². The largest absolute Gasteiger partial charge is 0.367 e. The molecule has 1 aromatic heterocycles. The van der Waals surface area contributed by atoms with Crippen LogP contribution in [0.25, 0.3) is 10.9 Å². The number of anilines is 1. The lowest BCUT2D eigenvalue weighted by Gasteiger charge is -2.19. The Bertz CT molecular complexity index is 952. The van der Waals surface area contributed by atoms with Crippen molar-refractivity contribution in [3.05, 3.63) is 60.0 Å². The SMILES string of the molecule is Cn1nc(CC(=O)NC2CCN(c3ccccc3F)C2)c2ccccc21. The molecule has 0 radical (unpaired) electrons. The molecule has 5 nitrogen and oxygen atoms in total. The maximum absolute atomic E-state index is 13.9. The molecule has 2 heterocycles. The number of rotatable bonds is 4. The lowest BCUT2D eigenvalue weighted by molar-refractivity contribution is -0.121. The molecule has 1 fully saturated rings. The average molecular weight is 352 g/mol. The summed E-state index contributed by atoms with van der Waals surface area (Å²) in [5, 5.41) is 8.55. The summed E-state index contributed by atoms with van der Waals surface area (Å²) in [5.74, 6) is -0.270. The summed E-state index contributed by atoms with van der Waals surface area (Å²) in [6.45, 7) is 1.36. The van der Waals surface area contributed by atoms with Crippen LogP contribution in [0.4, 0.5) is 10.1 Å². The van der Waals surface area contributed by atoms with E-state index < -0.39 is 0 Å². The molecule has 134 valence electrons. The van der Waals surface area contributed by atoms with Gasteiger partial charge in [-0.1, -0.05) is 30.3 Å². The van der Waals surface area contributed by atoms with Crippen molar-refractivity contribution in [3.8, 4) is 0 Å². The quantitative estimate of drug-likeness (QED) is 0.785. The summed E-state index contributed by atoms with van der Waals surface area (Å²) in [5.41, 5.74) is 2.39. The minimum absolute atomic E-state index is 0.0251. The number of para-hydroxylation sites is 2. The summed E-state index contributed by atoms with van der Waals surface area (Å²) in [7, 11) is 1.88. The van der Waals surface area contributed by atoms with Crippen LogP contribution < -0.4 is 10.2 Å². The van der Waals surface area contributed by atoms with Gasteiger partial charge in [-0.25, -0.2) is 4.39 Å². The topological polar surface area (TPSA) is 50.2 Å². The lowest BCUT2D eigenvalue weighted by atomic mass is 10.1.